The van der Waals surface area contributed by atoms with Gasteiger partial charge in [0.2, 0.25) is 0 Å². The van der Waals surface area contributed by atoms with Gasteiger partial charge in [-0.3, -0.25) is 9.59 Å². The molecular weight excluding hydrogens is 348 g/mol. The predicted octanol–water partition coefficient (Wildman–Crippen LogP) is 4.61. The van der Waals surface area contributed by atoms with E-state index in [1.807, 2.05) is 0 Å². The Morgan fingerprint density at radius 2 is 1.80 bits per heavy atom. The number of ether oxygens (including phenoxy) is 1. The van der Waals surface area contributed by atoms with Crippen molar-refractivity contribution in [2.75, 3.05) is 5.32 Å². The number of benzene rings is 2. The molecule has 132 valence electrons. The molecule has 0 bridgehead atoms. The van der Waals surface area contributed by atoms with Gasteiger partial charge in [-0.2, -0.15) is 8.78 Å². The Morgan fingerprint density at radius 3 is 2.40 bits per heavy atom. The standard InChI is InChI=1S/C18H17F2NO3S/c1-11(22)13-4-3-5-15(10-13)24-12(2)17(23)21-14-6-8-16(9-7-14)25-18(19)20/h3-10,12,18H,1-2H3,(H,21,23)/t12-/m1/s1. The second kappa shape index (κ2) is 8.62. The maximum atomic E-state index is 12.3. The van der Waals surface area contributed by atoms with Gasteiger partial charge in [0, 0.05) is 16.1 Å². The van der Waals surface area contributed by atoms with Crippen molar-refractivity contribution in [3.8, 4) is 5.75 Å². The van der Waals surface area contributed by atoms with Crippen LogP contribution in [0.15, 0.2) is 53.4 Å². The highest BCUT2D eigenvalue weighted by atomic mass is 32.2. The smallest absolute Gasteiger partial charge is 0.288 e. The lowest BCUT2D eigenvalue weighted by Crippen LogP contribution is -2.30. The van der Waals surface area contributed by atoms with Crippen LogP contribution in [0.25, 0.3) is 0 Å². The van der Waals surface area contributed by atoms with Gasteiger partial charge in [-0.1, -0.05) is 23.9 Å². The number of alkyl halides is 2. The Balaban J connectivity index is 1.96. The molecule has 0 unspecified atom stereocenters. The minimum Gasteiger partial charge on any atom is -0.481 e. The number of Topliss-reactive ketones (excluding diaryl/α,β-unsaturated/α-hetero) is 1. The predicted molar refractivity (Wildman–Crippen MR) is 93.5 cm³/mol. The van der Waals surface area contributed by atoms with E-state index in [1.54, 1.807) is 43.3 Å². The Kier molecular flexibility index (Phi) is 6.52. The summed E-state index contributed by atoms with van der Waals surface area (Å²) in [6, 6.07) is 12.7. The molecule has 25 heavy (non-hydrogen) atoms. The Bertz CT molecular complexity index is 750. The van der Waals surface area contributed by atoms with Gasteiger partial charge in [-0.15, -0.1) is 0 Å². The van der Waals surface area contributed by atoms with Crippen LogP contribution < -0.4 is 10.1 Å². The molecule has 4 nitrogen and oxygen atoms in total. The molecule has 2 aromatic rings. The second-order valence-electron chi connectivity index (χ2n) is 5.24. The fourth-order valence-corrected chi connectivity index (χ4v) is 2.51. The van der Waals surface area contributed by atoms with Gasteiger partial charge in [-0.05, 0) is 50.2 Å². The van der Waals surface area contributed by atoms with Crippen LogP contribution in [0, 0.1) is 0 Å². The summed E-state index contributed by atoms with van der Waals surface area (Å²) in [5, 5.41) is 2.65. The lowest BCUT2D eigenvalue weighted by atomic mass is 10.1. The van der Waals surface area contributed by atoms with Crippen LogP contribution in [0.1, 0.15) is 24.2 Å². The number of thioether (sulfide) groups is 1. The summed E-state index contributed by atoms with van der Waals surface area (Å²) in [4.78, 5) is 24.0. The van der Waals surface area contributed by atoms with Crippen molar-refractivity contribution in [2.45, 2.75) is 30.6 Å². The largest absolute Gasteiger partial charge is 0.481 e. The molecule has 1 N–H and O–H groups in total. The zero-order valence-electron chi connectivity index (χ0n) is 13.7. The van der Waals surface area contributed by atoms with E-state index in [4.69, 9.17) is 4.74 Å². The SMILES string of the molecule is CC(=O)c1cccc(O[C@H](C)C(=O)Nc2ccc(SC(F)F)cc2)c1. The highest BCUT2D eigenvalue weighted by Gasteiger charge is 2.15. The summed E-state index contributed by atoms with van der Waals surface area (Å²) in [6.45, 7) is 3.03. The van der Waals surface area contributed by atoms with E-state index in [0.717, 1.165) is 0 Å². The zero-order chi connectivity index (χ0) is 18.4. The van der Waals surface area contributed by atoms with Crippen molar-refractivity contribution in [1.82, 2.24) is 0 Å². The topological polar surface area (TPSA) is 55.4 Å². The lowest BCUT2D eigenvalue weighted by Gasteiger charge is -2.15. The second-order valence-corrected chi connectivity index (χ2v) is 6.30. The number of hydrogen-bond donors (Lipinski definition) is 1. The number of anilines is 1. The molecule has 0 aliphatic carbocycles. The molecule has 0 fully saturated rings. The molecule has 0 saturated carbocycles. The Hall–Kier alpha value is -2.41. The number of amides is 1. The van der Waals surface area contributed by atoms with Crippen LogP contribution >= 0.6 is 11.8 Å². The van der Waals surface area contributed by atoms with E-state index < -0.39 is 11.9 Å². The van der Waals surface area contributed by atoms with Crippen molar-refractivity contribution in [1.29, 1.82) is 0 Å². The summed E-state index contributed by atoms with van der Waals surface area (Å²) in [6.07, 6.45) is -0.794. The first-order chi connectivity index (χ1) is 11.8. The van der Waals surface area contributed by atoms with Crippen molar-refractivity contribution in [3.63, 3.8) is 0 Å². The maximum Gasteiger partial charge on any atom is 0.288 e. The molecule has 0 radical (unpaired) electrons. The van der Waals surface area contributed by atoms with Gasteiger partial charge in [0.1, 0.15) is 5.75 Å². The Morgan fingerprint density at radius 1 is 1.12 bits per heavy atom. The molecule has 2 aromatic carbocycles. The van der Waals surface area contributed by atoms with Gasteiger partial charge in [0.25, 0.3) is 11.7 Å². The number of hydrogen-bond acceptors (Lipinski definition) is 4. The third-order valence-electron chi connectivity index (χ3n) is 3.27. The number of nitrogens with one attached hydrogen (secondary N) is 1. The molecule has 0 saturated heterocycles. The zero-order valence-corrected chi connectivity index (χ0v) is 14.5. The number of carbonyl (C=O) groups excluding carboxylic acids is 2. The lowest BCUT2D eigenvalue weighted by molar-refractivity contribution is -0.122. The van der Waals surface area contributed by atoms with Crippen LogP contribution in [0.3, 0.4) is 0 Å². The van der Waals surface area contributed by atoms with Gasteiger partial charge in [-0.25, -0.2) is 0 Å². The summed E-state index contributed by atoms with van der Waals surface area (Å²) in [5.41, 5.74) is 0.980. The Labute approximate surface area is 148 Å². The third kappa shape index (κ3) is 5.86. The van der Waals surface area contributed by atoms with Gasteiger partial charge in [0.05, 0.1) is 0 Å². The van der Waals surface area contributed by atoms with Crippen LogP contribution in [-0.4, -0.2) is 23.6 Å². The maximum absolute atomic E-state index is 12.3. The number of rotatable bonds is 7. The molecule has 7 heteroatoms. The number of ketones is 1. The van der Waals surface area contributed by atoms with E-state index in [1.165, 1.54) is 19.1 Å². The van der Waals surface area contributed by atoms with E-state index in [-0.39, 0.29) is 11.7 Å². The quantitative estimate of drug-likeness (QED) is 0.575. The molecule has 0 aliphatic heterocycles. The summed E-state index contributed by atoms with van der Waals surface area (Å²) in [5.74, 6) is -2.55. The van der Waals surface area contributed by atoms with Gasteiger partial charge < -0.3 is 10.1 Å². The average Bonchev–Trinajstić information content (AvgIpc) is 2.56. The molecule has 0 heterocycles. The number of halogens is 2. The summed E-state index contributed by atoms with van der Waals surface area (Å²) >= 11 is 0.439. The number of carbonyl (C=O) groups is 2. The monoisotopic (exact) mass is 365 g/mol. The first-order valence-electron chi connectivity index (χ1n) is 7.48. The van der Waals surface area contributed by atoms with Crippen LogP contribution in [0.2, 0.25) is 0 Å². The normalized spacial score (nSPS) is 11.9. The average molecular weight is 365 g/mol. The molecule has 1 amide bonds. The summed E-state index contributed by atoms with van der Waals surface area (Å²) < 4.78 is 30.1. The minimum absolute atomic E-state index is 0.0932. The van der Waals surface area contributed by atoms with Crippen LogP contribution in [-0.2, 0) is 4.79 Å². The fraction of sp³-hybridized carbons (Fsp3) is 0.222. The van der Waals surface area contributed by atoms with E-state index in [0.29, 0.717) is 33.7 Å². The fourth-order valence-electron chi connectivity index (χ4n) is 2.01. The van der Waals surface area contributed by atoms with Crippen molar-refractivity contribution in [3.05, 3.63) is 54.1 Å². The van der Waals surface area contributed by atoms with E-state index >= 15 is 0 Å². The van der Waals surface area contributed by atoms with Crippen LogP contribution in [0.4, 0.5) is 14.5 Å². The first kappa shape index (κ1) is 18.9. The molecule has 1 atom stereocenters. The minimum atomic E-state index is -2.49. The molecule has 2 rings (SSSR count). The van der Waals surface area contributed by atoms with E-state index in [2.05, 4.69) is 5.32 Å². The molecular formula is C18H17F2NO3S. The van der Waals surface area contributed by atoms with Crippen molar-refractivity contribution < 1.29 is 23.1 Å². The third-order valence-corrected chi connectivity index (χ3v) is 3.99. The molecule has 0 spiro atoms. The first-order valence-corrected chi connectivity index (χ1v) is 8.36. The van der Waals surface area contributed by atoms with Crippen LogP contribution in [0.5, 0.6) is 5.75 Å². The van der Waals surface area contributed by atoms with Crippen molar-refractivity contribution in [2.24, 2.45) is 0 Å². The molecule has 0 aromatic heterocycles. The molecule has 0 aliphatic rings. The van der Waals surface area contributed by atoms with Crippen molar-refractivity contribution >= 4 is 29.1 Å². The van der Waals surface area contributed by atoms with Gasteiger partial charge >= 0.3 is 0 Å². The van der Waals surface area contributed by atoms with E-state index in [9.17, 15) is 18.4 Å². The highest BCUT2D eigenvalue weighted by molar-refractivity contribution is 7.99. The summed E-state index contributed by atoms with van der Waals surface area (Å²) in [7, 11) is 0. The highest BCUT2D eigenvalue weighted by Crippen LogP contribution is 2.26. The van der Waals surface area contributed by atoms with Gasteiger partial charge in [0.15, 0.2) is 11.9 Å².